The molecular formula is C21H23N7O10. The molecule has 0 bridgehead atoms. The maximum absolute atomic E-state index is 12.1. The van der Waals surface area contributed by atoms with Crippen LogP contribution in [0.2, 0.25) is 0 Å². The molecule has 2 aromatic carbocycles. The number of hydrogen-bond acceptors (Lipinski definition) is 11. The molecule has 2 rings (SSSR count). The van der Waals surface area contributed by atoms with E-state index >= 15 is 0 Å². The first-order valence-corrected chi connectivity index (χ1v) is 11.2. The summed E-state index contributed by atoms with van der Waals surface area (Å²) in [4.78, 5) is 64.3. The average molecular weight is 533 g/mol. The Morgan fingerprint density at radius 3 is 1.34 bits per heavy atom. The third-order valence-corrected chi connectivity index (χ3v) is 5.14. The van der Waals surface area contributed by atoms with Gasteiger partial charge in [-0.15, -0.1) is 0 Å². The SMILES string of the molecule is O=C(NCCCCNCCCNC(=O)c1ccc([N+](=O)[O-])c([N+](=O)[O-])c1)c1ccc([N+](=O)[O-])c([N+](=O)[O-])c1. The van der Waals surface area contributed by atoms with Crippen molar-refractivity contribution in [2.45, 2.75) is 19.3 Å². The lowest BCUT2D eigenvalue weighted by atomic mass is 10.1. The van der Waals surface area contributed by atoms with Gasteiger partial charge in [-0.1, -0.05) is 0 Å². The molecule has 0 aromatic heterocycles. The lowest BCUT2D eigenvalue weighted by Crippen LogP contribution is -2.28. The van der Waals surface area contributed by atoms with E-state index in [2.05, 4.69) is 16.0 Å². The van der Waals surface area contributed by atoms with Crippen molar-refractivity contribution in [1.29, 1.82) is 0 Å². The van der Waals surface area contributed by atoms with E-state index in [1.54, 1.807) is 0 Å². The molecule has 0 radical (unpaired) electrons. The summed E-state index contributed by atoms with van der Waals surface area (Å²) in [7, 11) is 0. The molecule has 0 aliphatic heterocycles. The zero-order valence-electron chi connectivity index (χ0n) is 19.8. The fourth-order valence-electron chi connectivity index (χ4n) is 3.25. The normalized spacial score (nSPS) is 10.4. The quantitative estimate of drug-likeness (QED) is 0.170. The highest BCUT2D eigenvalue weighted by molar-refractivity contribution is 5.96. The van der Waals surface area contributed by atoms with E-state index in [1.807, 2.05) is 0 Å². The minimum atomic E-state index is -0.925. The fraction of sp³-hybridized carbons (Fsp3) is 0.333. The number of nitrogens with one attached hydrogen (secondary N) is 3. The van der Waals surface area contributed by atoms with Crippen LogP contribution in [-0.2, 0) is 0 Å². The molecule has 3 N–H and O–H groups in total. The first-order valence-electron chi connectivity index (χ1n) is 11.2. The van der Waals surface area contributed by atoms with Crippen molar-refractivity contribution in [3.8, 4) is 0 Å². The molecule has 17 heteroatoms. The number of hydrogen-bond donors (Lipinski definition) is 3. The van der Waals surface area contributed by atoms with Crippen molar-refractivity contribution >= 4 is 34.6 Å². The molecule has 0 aliphatic carbocycles. The number of nitro benzene ring substituents is 4. The van der Waals surface area contributed by atoms with Gasteiger partial charge in [-0.3, -0.25) is 50.0 Å². The second-order valence-corrected chi connectivity index (χ2v) is 7.76. The maximum Gasteiger partial charge on any atom is 0.346 e. The van der Waals surface area contributed by atoms with E-state index in [4.69, 9.17) is 0 Å². The third kappa shape index (κ3) is 8.26. The molecule has 2 amide bonds. The van der Waals surface area contributed by atoms with E-state index in [-0.39, 0.29) is 24.2 Å². The fourth-order valence-corrected chi connectivity index (χ4v) is 3.25. The largest absolute Gasteiger partial charge is 0.352 e. The van der Waals surface area contributed by atoms with E-state index in [9.17, 15) is 50.0 Å². The van der Waals surface area contributed by atoms with Crippen LogP contribution in [0.3, 0.4) is 0 Å². The van der Waals surface area contributed by atoms with Crippen molar-refractivity contribution in [3.63, 3.8) is 0 Å². The van der Waals surface area contributed by atoms with Crippen molar-refractivity contribution < 1.29 is 29.3 Å². The highest BCUT2D eigenvalue weighted by Gasteiger charge is 2.26. The number of carbonyl (C=O) groups is 2. The van der Waals surface area contributed by atoms with Gasteiger partial charge < -0.3 is 16.0 Å². The van der Waals surface area contributed by atoms with Gasteiger partial charge in [-0.25, -0.2) is 0 Å². The van der Waals surface area contributed by atoms with Crippen molar-refractivity contribution in [3.05, 3.63) is 88.0 Å². The van der Waals surface area contributed by atoms with E-state index in [0.29, 0.717) is 32.4 Å². The molecule has 0 atom stereocenters. The number of nitro groups is 4. The Balaban J connectivity index is 1.63. The Hall–Kier alpha value is -5.06. The van der Waals surface area contributed by atoms with Crippen molar-refractivity contribution in [2.24, 2.45) is 0 Å². The molecular weight excluding hydrogens is 510 g/mol. The van der Waals surface area contributed by atoms with Crippen LogP contribution in [0.4, 0.5) is 22.7 Å². The third-order valence-electron chi connectivity index (χ3n) is 5.14. The Morgan fingerprint density at radius 2 is 0.921 bits per heavy atom. The van der Waals surface area contributed by atoms with Crippen molar-refractivity contribution in [1.82, 2.24) is 16.0 Å². The molecule has 2 aromatic rings. The Bertz CT molecular complexity index is 1160. The number of rotatable bonds is 15. The van der Waals surface area contributed by atoms with Gasteiger partial charge in [0, 0.05) is 48.5 Å². The smallest absolute Gasteiger partial charge is 0.346 e. The van der Waals surface area contributed by atoms with Crippen LogP contribution < -0.4 is 16.0 Å². The summed E-state index contributed by atoms with van der Waals surface area (Å²) in [5, 5.41) is 52.0. The minimum Gasteiger partial charge on any atom is -0.352 e. The van der Waals surface area contributed by atoms with Gasteiger partial charge in [0.25, 0.3) is 11.8 Å². The number of nitrogens with zero attached hydrogens (tertiary/aromatic N) is 4. The highest BCUT2D eigenvalue weighted by atomic mass is 16.6. The summed E-state index contributed by atoms with van der Waals surface area (Å²) in [6.45, 7) is 1.68. The average Bonchev–Trinajstić information content (AvgIpc) is 2.88. The molecule has 0 aliphatic rings. The summed E-state index contributed by atoms with van der Waals surface area (Å²) in [5.74, 6) is -1.19. The lowest BCUT2D eigenvalue weighted by Gasteiger charge is -2.08. The molecule has 0 heterocycles. The zero-order chi connectivity index (χ0) is 28.2. The van der Waals surface area contributed by atoms with Gasteiger partial charge in [0.15, 0.2) is 0 Å². The van der Waals surface area contributed by atoms with Crippen LogP contribution in [0.15, 0.2) is 36.4 Å². The van der Waals surface area contributed by atoms with Gasteiger partial charge in [0.1, 0.15) is 0 Å². The monoisotopic (exact) mass is 533 g/mol. The molecule has 17 nitrogen and oxygen atoms in total. The van der Waals surface area contributed by atoms with Crippen LogP contribution in [0.1, 0.15) is 40.0 Å². The van der Waals surface area contributed by atoms with Crippen LogP contribution in [0.5, 0.6) is 0 Å². The Kier molecular flexibility index (Phi) is 10.7. The van der Waals surface area contributed by atoms with Gasteiger partial charge in [-0.05, 0) is 44.5 Å². The Morgan fingerprint density at radius 1 is 0.553 bits per heavy atom. The summed E-state index contributed by atoms with van der Waals surface area (Å²) in [6, 6.07) is 5.82. The lowest BCUT2D eigenvalue weighted by molar-refractivity contribution is -0.422. The first kappa shape index (κ1) is 29.2. The molecule has 202 valence electrons. The Labute approximate surface area is 213 Å². The molecule has 0 unspecified atom stereocenters. The first-order chi connectivity index (χ1) is 18.0. The van der Waals surface area contributed by atoms with Crippen molar-refractivity contribution in [2.75, 3.05) is 26.2 Å². The minimum absolute atomic E-state index is 0.0641. The molecule has 38 heavy (non-hydrogen) atoms. The summed E-state index contributed by atoms with van der Waals surface area (Å²) >= 11 is 0. The number of carbonyl (C=O) groups excluding carboxylic acids is 2. The molecule has 0 spiro atoms. The van der Waals surface area contributed by atoms with Crippen LogP contribution in [0.25, 0.3) is 0 Å². The molecule has 0 saturated heterocycles. The van der Waals surface area contributed by atoms with Crippen LogP contribution >= 0.6 is 0 Å². The zero-order valence-corrected chi connectivity index (χ0v) is 19.8. The van der Waals surface area contributed by atoms with Gasteiger partial charge in [0.05, 0.1) is 19.7 Å². The van der Waals surface area contributed by atoms with E-state index < -0.39 is 54.3 Å². The van der Waals surface area contributed by atoms with Gasteiger partial charge in [0.2, 0.25) is 0 Å². The van der Waals surface area contributed by atoms with Crippen LogP contribution in [0, 0.1) is 40.5 Å². The number of amides is 2. The summed E-state index contributed by atoms with van der Waals surface area (Å²) in [6.07, 6.45) is 1.81. The predicted molar refractivity (Wildman–Crippen MR) is 131 cm³/mol. The van der Waals surface area contributed by atoms with Gasteiger partial charge >= 0.3 is 22.7 Å². The van der Waals surface area contributed by atoms with E-state index in [1.165, 1.54) is 0 Å². The van der Waals surface area contributed by atoms with Gasteiger partial charge in [-0.2, -0.15) is 0 Å². The second kappa shape index (κ2) is 13.9. The summed E-state index contributed by atoms with van der Waals surface area (Å²) in [5.41, 5.74) is -3.07. The number of unbranched alkanes of at least 4 members (excludes halogenated alkanes) is 1. The topological polar surface area (TPSA) is 243 Å². The van der Waals surface area contributed by atoms with Crippen LogP contribution in [-0.4, -0.2) is 57.7 Å². The highest BCUT2D eigenvalue weighted by Crippen LogP contribution is 2.28. The standard InChI is InChI=1S/C21H23N7O10/c29-20(14-4-6-16(25(31)32)18(12-14)27(35)36)23-10-2-1-8-22-9-3-11-24-21(30)15-5-7-17(26(33)34)19(13-15)28(37)38/h4-7,12-13,22H,1-3,8-11H2,(H,23,29)(H,24,30). The number of benzene rings is 2. The summed E-state index contributed by atoms with van der Waals surface area (Å²) < 4.78 is 0. The molecule has 0 saturated carbocycles. The predicted octanol–water partition coefficient (Wildman–Crippen LogP) is 2.24. The maximum atomic E-state index is 12.1. The van der Waals surface area contributed by atoms with E-state index in [0.717, 1.165) is 36.4 Å². The molecule has 0 fully saturated rings. The second-order valence-electron chi connectivity index (χ2n) is 7.76.